The Morgan fingerprint density at radius 3 is 2.76 bits per heavy atom. The summed E-state index contributed by atoms with van der Waals surface area (Å²) in [7, 11) is 0. The van der Waals surface area contributed by atoms with Crippen LogP contribution in [0.5, 0.6) is 0 Å². The molecule has 1 aromatic carbocycles. The number of anilines is 1. The minimum atomic E-state index is -0.0278. The molecule has 2 rings (SSSR count). The highest BCUT2D eigenvalue weighted by atomic mass is 32.2. The summed E-state index contributed by atoms with van der Waals surface area (Å²) in [4.78, 5) is 23.4. The predicted octanol–water partition coefficient (Wildman–Crippen LogP) is 2.72. The summed E-state index contributed by atoms with van der Waals surface area (Å²) in [5, 5.41) is 2.89. The Balaban J connectivity index is 2.12. The number of thioether (sulfide) groups is 1. The molecule has 1 atom stereocenters. The van der Waals surface area contributed by atoms with E-state index in [1.165, 1.54) is 6.92 Å². The van der Waals surface area contributed by atoms with Crippen molar-refractivity contribution in [1.29, 1.82) is 0 Å². The first-order valence-corrected chi connectivity index (χ1v) is 6.76. The third-order valence-electron chi connectivity index (χ3n) is 2.79. The normalized spacial score (nSPS) is 19.0. The van der Waals surface area contributed by atoms with Crippen LogP contribution in [0.4, 0.5) is 5.69 Å². The molecule has 4 heteroatoms. The predicted molar refractivity (Wildman–Crippen MR) is 70.6 cm³/mol. The van der Waals surface area contributed by atoms with Gasteiger partial charge in [-0.2, -0.15) is 0 Å². The topological polar surface area (TPSA) is 46.2 Å². The van der Waals surface area contributed by atoms with Gasteiger partial charge in [0.1, 0.15) is 0 Å². The number of rotatable bonds is 3. The van der Waals surface area contributed by atoms with Crippen molar-refractivity contribution in [2.75, 3.05) is 11.1 Å². The van der Waals surface area contributed by atoms with E-state index in [4.69, 9.17) is 0 Å². The van der Waals surface area contributed by atoms with Gasteiger partial charge in [0.25, 0.3) is 0 Å². The number of carbonyl (C=O) groups is 2. The standard InChI is InChI=1S/C13H15NO2S/c1-9(15)10-5-2-3-6-11(10)14-13(16)12-7-4-8-17-12/h2-3,5-6,12H,4,7-8H2,1H3,(H,14,16). The lowest BCUT2D eigenvalue weighted by atomic mass is 10.1. The van der Waals surface area contributed by atoms with Crippen molar-refractivity contribution in [3.8, 4) is 0 Å². The summed E-state index contributed by atoms with van der Waals surface area (Å²) in [6, 6.07) is 7.13. The fraction of sp³-hybridized carbons (Fsp3) is 0.385. The molecule has 1 aliphatic heterocycles. The van der Waals surface area contributed by atoms with Gasteiger partial charge < -0.3 is 5.32 Å². The summed E-state index contributed by atoms with van der Waals surface area (Å²) in [6.07, 6.45) is 2.02. The summed E-state index contributed by atoms with van der Waals surface area (Å²) >= 11 is 1.69. The molecule has 0 saturated carbocycles. The number of hydrogen-bond donors (Lipinski definition) is 1. The third kappa shape index (κ3) is 2.88. The zero-order valence-corrected chi connectivity index (χ0v) is 10.5. The molecular weight excluding hydrogens is 234 g/mol. The average Bonchev–Trinajstić information content (AvgIpc) is 2.83. The molecule has 1 heterocycles. The van der Waals surface area contributed by atoms with Crippen LogP contribution in [0.25, 0.3) is 0 Å². The summed E-state index contributed by atoms with van der Waals surface area (Å²) < 4.78 is 0. The minimum Gasteiger partial charge on any atom is -0.324 e. The van der Waals surface area contributed by atoms with Crippen LogP contribution in [0.1, 0.15) is 30.1 Å². The molecule has 0 aromatic heterocycles. The molecule has 0 spiro atoms. The zero-order valence-electron chi connectivity index (χ0n) is 9.73. The summed E-state index contributed by atoms with van der Waals surface area (Å²) in [5.41, 5.74) is 1.20. The highest BCUT2D eigenvalue weighted by Crippen LogP contribution is 2.27. The second kappa shape index (κ2) is 5.36. The van der Waals surface area contributed by atoms with Gasteiger partial charge in [-0.05, 0) is 37.7 Å². The Morgan fingerprint density at radius 1 is 1.35 bits per heavy atom. The van der Waals surface area contributed by atoms with E-state index in [1.54, 1.807) is 30.0 Å². The van der Waals surface area contributed by atoms with Crippen molar-refractivity contribution in [1.82, 2.24) is 0 Å². The number of benzene rings is 1. The van der Waals surface area contributed by atoms with Gasteiger partial charge in [-0.1, -0.05) is 12.1 Å². The van der Waals surface area contributed by atoms with Crippen LogP contribution in [0.15, 0.2) is 24.3 Å². The molecule has 0 bridgehead atoms. The molecule has 1 amide bonds. The lowest BCUT2D eigenvalue weighted by Crippen LogP contribution is -2.23. The van der Waals surface area contributed by atoms with Gasteiger partial charge in [-0.25, -0.2) is 0 Å². The number of nitrogens with one attached hydrogen (secondary N) is 1. The highest BCUT2D eigenvalue weighted by Gasteiger charge is 2.24. The first-order chi connectivity index (χ1) is 8.18. The van der Waals surface area contributed by atoms with Crippen molar-refractivity contribution >= 4 is 29.1 Å². The van der Waals surface area contributed by atoms with Crippen LogP contribution in [-0.2, 0) is 4.79 Å². The van der Waals surface area contributed by atoms with Gasteiger partial charge in [0.15, 0.2) is 5.78 Å². The van der Waals surface area contributed by atoms with Crippen LogP contribution in [0.3, 0.4) is 0 Å². The van der Waals surface area contributed by atoms with E-state index in [1.807, 2.05) is 6.07 Å². The van der Waals surface area contributed by atoms with Gasteiger partial charge in [0, 0.05) is 5.56 Å². The molecule has 1 fully saturated rings. The maximum absolute atomic E-state index is 11.9. The van der Waals surface area contributed by atoms with E-state index >= 15 is 0 Å². The molecule has 1 aromatic rings. The highest BCUT2D eigenvalue weighted by molar-refractivity contribution is 8.00. The number of para-hydroxylation sites is 1. The van der Waals surface area contributed by atoms with Gasteiger partial charge in [-0.3, -0.25) is 9.59 Å². The smallest absolute Gasteiger partial charge is 0.237 e. The Morgan fingerprint density at radius 2 is 2.12 bits per heavy atom. The average molecular weight is 249 g/mol. The van der Waals surface area contributed by atoms with Gasteiger partial charge in [0.05, 0.1) is 10.9 Å². The SMILES string of the molecule is CC(=O)c1ccccc1NC(=O)C1CCCS1. The molecule has 1 N–H and O–H groups in total. The quantitative estimate of drug-likeness (QED) is 0.838. The van der Waals surface area contributed by atoms with E-state index in [9.17, 15) is 9.59 Å². The van der Waals surface area contributed by atoms with Crippen molar-refractivity contribution in [3.63, 3.8) is 0 Å². The van der Waals surface area contributed by atoms with E-state index in [-0.39, 0.29) is 16.9 Å². The van der Waals surface area contributed by atoms with Crippen LogP contribution < -0.4 is 5.32 Å². The molecule has 1 aliphatic rings. The second-order valence-corrected chi connectivity index (χ2v) is 5.40. The monoisotopic (exact) mass is 249 g/mol. The summed E-state index contributed by atoms with van der Waals surface area (Å²) in [6.45, 7) is 1.51. The van der Waals surface area contributed by atoms with Crippen molar-refractivity contribution in [2.24, 2.45) is 0 Å². The fourth-order valence-corrected chi connectivity index (χ4v) is 3.06. The molecule has 1 saturated heterocycles. The molecule has 17 heavy (non-hydrogen) atoms. The van der Waals surface area contributed by atoms with Crippen LogP contribution in [0.2, 0.25) is 0 Å². The number of ketones is 1. The Hall–Kier alpha value is -1.29. The Bertz CT molecular complexity index is 439. The molecular formula is C13H15NO2S. The van der Waals surface area contributed by atoms with Crippen LogP contribution >= 0.6 is 11.8 Å². The van der Waals surface area contributed by atoms with Gasteiger partial charge in [0.2, 0.25) is 5.91 Å². The zero-order chi connectivity index (χ0) is 12.3. The molecule has 0 radical (unpaired) electrons. The van der Waals surface area contributed by atoms with E-state index in [0.29, 0.717) is 11.3 Å². The number of amides is 1. The first-order valence-electron chi connectivity index (χ1n) is 5.71. The lowest BCUT2D eigenvalue weighted by molar-refractivity contribution is -0.115. The van der Waals surface area contributed by atoms with E-state index < -0.39 is 0 Å². The van der Waals surface area contributed by atoms with E-state index in [2.05, 4.69) is 5.32 Å². The molecule has 0 aliphatic carbocycles. The maximum Gasteiger partial charge on any atom is 0.237 e. The minimum absolute atomic E-state index is 0.0150. The number of carbonyl (C=O) groups excluding carboxylic acids is 2. The molecule has 1 unspecified atom stereocenters. The third-order valence-corrected chi connectivity index (χ3v) is 4.16. The van der Waals surface area contributed by atoms with Crippen molar-refractivity contribution < 1.29 is 9.59 Å². The maximum atomic E-state index is 11.9. The number of Topliss-reactive ketones (excluding diaryl/α,β-unsaturated/α-hetero) is 1. The lowest BCUT2D eigenvalue weighted by Gasteiger charge is -2.12. The van der Waals surface area contributed by atoms with Crippen molar-refractivity contribution in [3.05, 3.63) is 29.8 Å². The molecule has 90 valence electrons. The van der Waals surface area contributed by atoms with Crippen molar-refractivity contribution in [2.45, 2.75) is 25.0 Å². The van der Waals surface area contributed by atoms with Gasteiger partial charge in [-0.15, -0.1) is 11.8 Å². The Labute approximate surface area is 105 Å². The molecule has 3 nitrogen and oxygen atoms in total. The van der Waals surface area contributed by atoms with Crippen LogP contribution in [-0.4, -0.2) is 22.7 Å². The van der Waals surface area contributed by atoms with Gasteiger partial charge >= 0.3 is 0 Å². The largest absolute Gasteiger partial charge is 0.324 e. The Kier molecular flexibility index (Phi) is 3.84. The summed E-state index contributed by atoms with van der Waals surface area (Å²) in [5.74, 6) is 1.04. The van der Waals surface area contributed by atoms with E-state index in [0.717, 1.165) is 18.6 Å². The first kappa shape index (κ1) is 12.2. The second-order valence-electron chi connectivity index (χ2n) is 4.09. The van der Waals surface area contributed by atoms with Crippen LogP contribution in [0, 0.1) is 0 Å². The fourth-order valence-electron chi connectivity index (χ4n) is 1.90. The number of hydrogen-bond acceptors (Lipinski definition) is 3.